The van der Waals surface area contributed by atoms with Gasteiger partial charge in [-0.1, -0.05) is 35.9 Å². The quantitative estimate of drug-likeness (QED) is 0.892. The Labute approximate surface area is 112 Å². The predicted octanol–water partition coefficient (Wildman–Crippen LogP) is 3.62. The third-order valence-corrected chi connectivity index (χ3v) is 3.74. The van der Waals surface area contributed by atoms with Crippen LogP contribution in [0.1, 0.15) is 12.8 Å². The van der Waals surface area contributed by atoms with Gasteiger partial charge >= 0.3 is 0 Å². The maximum absolute atomic E-state index is 6.21. The lowest BCUT2D eigenvalue weighted by Gasteiger charge is -2.24. The molecule has 2 aromatic rings. The van der Waals surface area contributed by atoms with Gasteiger partial charge in [0.15, 0.2) is 0 Å². The van der Waals surface area contributed by atoms with Crippen molar-refractivity contribution >= 4 is 22.4 Å². The van der Waals surface area contributed by atoms with Gasteiger partial charge in [0, 0.05) is 15.8 Å². The molecule has 0 saturated carbocycles. The molecular formula is C15H16ClNO. The van der Waals surface area contributed by atoms with Crippen molar-refractivity contribution in [2.45, 2.75) is 18.9 Å². The summed E-state index contributed by atoms with van der Waals surface area (Å²) in [6.07, 6.45) is 2.45. The standard InChI is InChI=1S/C15H16ClNO/c16-14-5-6-15(13-4-2-1-3-12(13)14)18-11-7-9-17-10-8-11/h1-6,11,17H,7-10H2. The SMILES string of the molecule is Clc1ccc(OC2CCNCC2)c2ccccc12. The van der Waals surface area contributed by atoms with Crippen LogP contribution in [0.15, 0.2) is 36.4 Å². The van der Waals surface area contributed by atoms with Gasteiger partial charge < -0.3 is 10.1 Å². The molecule has 3 heteroatoms. The van der Waals surface area contributed by atoms with E-state index in [4.69, 9.17) is 16.3 Å². The smallest absolute Gasteiger partial charge is 0.127 e. The summed E-state index contributed by atoms with van der Waals surface area (Å²) < 4.78 is 6.12. The lowest BCUT2D eigenvalue weighted by atomic mass is 10.1. The molecule has 2 aromatic carbocycles. The molecule has 2 nitrogen and oxygen atoms in total. The molecule has 0 atom stereocenters. The minimum atomic E-state index is 0.316. The van der Waals surface area contributed by atoms with Crippen molar-refractivity contribution in [1.82, 2.24) is 5.32 Å². The zero-order valence-electron chi connectivity index (χ0n) is 10.2. The van der Waals surface area contributed by atoms with Gasteiger partial charge in [0.05, 0.1) is 0 Å². The fraction of sp³-hybridized carbons (Fsp3) is 0.333. The largest absolute Gasteiger partial charge is 0.490 e. The summed E-state index contributed by atoms with van der Waals surface area (Å²) in [7, 11) is 0. The Hall–Kier alpha value is -1.25. The molecule has 1 aliphatic heterocycles. The van der Waals surface area contributed by atoms with Gasteiger partial charge in [-0.25, -0.2) is 0 Å². The first-order valence-corrected chi connectivity index (χ1v) is 6.77. The second-order valence-electron chi connectivity index (χ2n) is 4.66. The number of hydrogen-bond acceptors (Lipinski definition) is 2. The van der Waals surface area contributed by atoms with Gasteiger partial charge in [0.2, 0.25) is 0 Å². The van der Waals surface area contributed by atoms with E-state index in [9.17, 15) is 0 Å². The molecule has 18 heavy (non-hydrogen) atoms. The van der Waals surface area contributed by atoms with Gasteiger partial charge in [-0.05, 0) is 38.1 Å². The van der Waals surface area contributed by atoms with Crippen molar-refractivity contribution < 1.29 is 4.74 Å². The highest BCUT2D eigenvalue weighted by molar-refractivity contribution is 6.35. The molecule has 94 valence electrons. The van der Waals surface area contributed by atoms with E-state index in [0.29, 0.717) is 6.10 Å². The first-order chi connectivity index (χ1) is 8.84. The Kier molecular flexibility index (Phi) is 3.39. The number of halogens is 1. The van der Waals surface area contributed by atoms with Crippen LogP contribution in [0.2, 0.25) is 5.02 Å². The lowest BCUT2D eigenvalue weighted by molar-refractivity contribution is 0.164. The van der Waals surface area contributed by atoms with Gasteiger partial charge in [-0.2, -0.15) is 0 Å². The number of hydrogen-bond donors (Lipinski definition) is 1. The van der Waals surface area contributed by atoms with Gasteiger partial charge in [0.1, 0.15) is 11.9 Å². The number of nitrogens with one attached hydrogen (secondary N) is 1. The molecule has 0 unspecified atom stereocenters. The van der Waals surface area contributed by atoms with Crippen LogP contribution in [0, 0.1) is 0 Å². The molecule has 0 amide bonds. The fourth-order valence-electron chi connectivity index (χ4n) is 2.43. The Morgan fingerprint density at radius 3 is 2.50 bits per heavy atom. The molecule has 0 spiro atoms. The Balaban J connectivity index is 1.94. The Bertz CT molecular complexity index is 549. The topological polar surface area (TPSA) is 21.3 Å². The summed E-state index contributed by atoms with van der Waals surface area (Å²) in [4.78, 5) is 0. The van der Waals surface area contributed by atoms with Crippen LogP contribution in [0.4, 0.5) is 0 Å². The number of fused-ring (bicyclic) bond motifs is 1. The highest BCUT2D eigenvalue weighted by atomic mass is 35.5. The minimum absolute atomic E-state index is 0.316. The van der Waals surface area contributed by atoms with E-state index in [-0.39, 0.29) is 0 Å². The average Bonchev–Trinajstić information content (AvgIpc) is 2.44. The molecule has 1 N–H and O–H groups in total. The van der Waals surface area contributed by atoms with Crippen molar-refractivity contribution in [2.75, 3.05) is 13.1 Å². The fourth-order valence-corrected chi connectivity index (χ4v) is 2.66. The Morgan fingerprint density at radius 2 is 1.72 bits per heavy atom. The van der Waals surface area contributed by atoms with Crippen molar-refractivity contribution in [1.29, 1.82) is 0 Å². The van der Waals surface area contributed by atoms with Crippen LogP contribution < -0.4 is 10.1 Å². The minimum Gasteiger partial charge on any atom is -0.490 e. The maximum Gasteiger partial charge on any atom is 0.127 e. The predicted molar refractivity (Wildman–Crippen MR) is 75.5 cm³/mol. The van der Waals surface area contributed by atoms with Crippen molar-refractivity contribution in [3.05, 3.63) is 41.4 Å². The van der Waals surface area contributed by atoms with Crippen molar-refractivity contribution in [3.8, 4) is 5.75 Å². The molecule has 0 aliphatic carbocycles. The van der Waals surface area contributed by atoms with Gasteiger partial charge in [-0.15, -0.1) is 0 Å². The summed E-state index contributed by atoms with van der Waals surface area (Å²) in [5.41, 5.74) is 0. The summed E-state index contributed by atoms with van der Waals surface area (Å²) in [6.45, 7) is 2.08. The highest BCUT2D eigenvalue weighted by Gasteiger charge is 2.15. The summed E-state index contributed by atoms with van der Waals surface area (Å²) in [5.74, 6) is 0.946. The van der Waals surface area contributed by atoms with Gasteiger partial charge in [-0.3, -0.25) is 0 Å². The molecule has 1 heterocycles. The number of piperidine rings is 1. The Morgan fingerprint density at radius 1 is 1.00 bits per heavy atom. The van der Waals surface area contributed by atoms with E-state index in [1.165, 1.54) is 0 Å². The molecule has 0 radical (unpaired) electrons. The van der Waals surface area contributed by atoms with Crippen LogP contribution in [0.3, 0.4) is 0 Å². The number of rotatable bonds is 2. The van der Waals surface area contributed by atoms with Crippen LogP contribution in [-0.2, 0) is 0 Å². The molecule has 3 rings (SSSR count). The summed E-state index contributed by atoms with van der Waals surface area (Å²) in [5, 5.41) is 6.29. The third-order valence-electron chi connectivity index (χ3n) is 3.41. The zero-order valence-corrected chi connectivity index (χ0v) is 10.9. The van der Waals surface area contributed by atoms with E-state index in [1.807, 2.05) is 30.3 Å². The van der Waals surface area contributed by atoms with Crippen LogP contribution in [0.25, 0.3) is 10.8 Å². The first kappa shape index (κ1) is 11.8. The second kappa shape index (κ2) is 5.17. The molecule has 1 fully saturated rings. The molecule has 1 saturated heterocycles. The van der Waals surface area contributed by atoms with E-state index < -0.39 is 0 Å². The van der Waals surface area contributed by atoms with E-state index in [2.05, 4.69) is 11.4 Å². The lowest BCUT2D eigenvalue weighted by Crippen LogP contribution is -2.34. The van der Waals surface area contributed by atoms with E-state index in [1.54, 1.807) is 0 Å². The maximum atomic E-state index is 6.21. The summed E-state index contributed by atoms with van der Waals surface area (Å²) in [6, 6.07) is 12.0. The van der Waals surface area contributed by atoms with E-state index in [0.717, 1.165) is 47.5 Å². The van der Waals surface area contributed by atoms with Crippen molar-refractivity contribution in [3.63, 3.8) is 0 Å². The van der Waals surface area contributed by atoms with Crippen molar-refractivity contribution in [2.24, 2.45) is 0 Å². The third kappa shape index (κ3) is 2.31. The summed E-state index contributed by atoms with van der Waals surface area (Å²) >= 11 is 6.21. The highest BCUT2D eigenvalue weighted by Crippen LogP contribution is 2.32. The molecule has 0 aromatic heterocycles. The number of benzene rings is 2. The molecule has 0 bridgehead atoms. The zero-order chi connectivity index (χ0) is 12.4. The van der Waals surface area contributed by atoms with Crippen LogP contribution in [-0.4, -0.2) is 19.2 Å². The normalized spacial score (nSPS) is 16.9. The van der Waals surface area contributed by atoms with Gasteiger partial charge in [0.25, 0.3) is 0 Å². The molecule has 1 aliphatic rings. The van der Waals surface area contributed by atoms with E-state index >= 15 is 0 Å². The van der Waals surface area contributed by atoms with Crippen LogP contribution >= 0.6 is 11.6 Å². The average molecular weight is 262 g/mol. The van der Waals surface area contributed by atoms with Crippen LogP contribution in [0.5, 0.6) is 5.75 Å². The second-order valence-corrected chi connectivity index (χ2v) is 5.07. The number of ether oxygens (including phenoxy) is 1. The molecular weight excluding hydrogens is 246 g/mol. The monoisotopic (exact) mass is 261 g/mol. The first-order valence-electron chi connectivity index (χ1n) is 6.39.